The van der Waals surface area contributed by atoms with Crippen LogP contribution in [0.2, 0.25) is 4.34 Å². The van der Waals surface area contributed by atoms with Gasteiger partial charge < -0.3 is 15.0 Å². The van der Waals surface area contributed by atoms with Gasteiger partial charge in [-0.1, -0.05) is 11.6 Å². The SMILES string of the molecule is COc1ccc(-c2ncc(Cl)s2)nc1Nc1ccc(N2CCCC2=O)cn1. The number of aromatic nitrogens is 3. The molecule has 0 atom stereocenters. The van der Waals surface area contributed by atoms with Crippen molar-refractivity contribution in [2.75, 3.05) is 23.9 Å². The summed E-state index contributed by atoms with van der Waals surface area (Å²) in [6.45, 7) is 0.737. The van der Waals surface area contributed by atoms with Gasteiger partial charge in [-0.15, -0.1) is 11.3 Å². The molecule has 0 saturated carbocycles. The average Bonchev–Trinajstić information content (AvgIpc) is 3.31. The fourth-order valence-electron chi connectivity index (χ4n) is 2.85. The van der Waals surface area contributed by atoms with Gasteiger partial charge in [-0.3, -0.25) is 4.79 Å². The summed E-state index contributed by atoms with van der Waals surface area (Å²) >= 11 is 7.32. The number of methoxy groups -OCH3 is 1. The number of carbonyl (C=O) groups excluding carboxylic acids is 1. The normalized spacial score (nSPS) is 13.9. The predicted molar refractivity (Wildman–Crippen MR) is 106 cm³/mol. The van der Waals surface area contributed by atoms with Crippen LogP contribution < -0.4 is 15.0 Å². The van der Waals surface area contributed by atoms with E-state index in [1.54, 1.807) is 24.4 Å². The highest BCUT2D eigenvalue weighted by molar-refractivity contribution is 7.18. The van der Waals surface area contributed by atoms with Gasteiger partial charge in [0.2, 0.25) is 5.91 Å². The highest BCUT2D eigenvalue weighted by atomic mass is 35.5. The summed E-state index contributed by atoms with van der Waals surface area (Å²) in [6, 6.07) is 7.33. The van der Waals surface area contributed by atoms with E-state index in [4.69, 9.17) is 16.3 Å². The van der Waals surface area contributed by atoms with Crippen LogP contribution in [0.1, 0.15) is 12.8 Å². The van der Waals surface area contributed by atoms with E-state index >= 15 is 0 Å². The number of pyridine rings is 2. The van der Waals surface area contributed by atoms with Crippen LogP contribution in [0.4, 0.5) is 17.3 Å². The molecule has 3 aromatic rings. The van der Waals surface area contributed by atoms with Gasteiger partial charge in [-0.05, 0) is 30.7 Å². The van der Waals surface area contributed by atoms with Crippen molar-refractivity contribution in [2.45, 2.75) is 12.8 Å². The van der Waals surface area contributed by atoms with Crippen molar-refractivity contribution in [3.8, 4) is 16.5 Å². The standard InChI is InChI=1S/C18H16ClN5O2S/c1-26-13-6-5-12(18-21-10-14(19)27-18)22-17(13)23-15-7-4-11(9-20-15)24-8-2-3-16(24)25/h4-7,9-10H,2-3,8H2,1H3,(H,20,22,23). The molecule has 1 N–H and O–H groups in total. The second-order valence-electron chi connectivity index (χ2n) is 5.89. The maximum Gasteiger partial charge on any atom is 0.227 e. The van der Waals surface area contributed by atoms with E-state index in [9.17, 15) is 4.79 Å². The third kappa shape index (κ3) is 3.72. The molecule has 0 radical (unpaired) electrons. The molecule has 1 aliphatic rings. The van der Waals surface area contributed by atoms with E-state index in [1.807, 2.05) is 24.3 Å². The lowest BCUT2D eigenvalue weighted by atomic mass is 10.3. The molecule has 9 heteroatoms. The molecule has 0 aliphatic carbocycles. The summed E-state index contributed by atoms with van der Waals surface area (Å²) in [5.41, 5.74) is 1.49. The first kappa shape index (κ1) is 17.7. The Hall–Kier alpha value is -2.71. The predicted octanol–water partition coefficient (Wildman–Crippen LogP) is 4.13. The Bertz CT molecular complexity index is 976. The van der Waals surface area contributed by atoms with Gasteiger partial charge in [-0.25, -0.2) is 15.0 Å². The van der Waals surface area contributed by atoms with Crippen molar-refractivity contribution in [2.24, 2.45) is 0 Å². The molecular weight excluding hydrogens is 386 g/mol. The Morgan fingerprint density at radius 2 is 2.11 bits per heavy atom. The molecule has 1 amide bonds. The van der Waals surface area contributed by atoms with Crippen LogP contribution in [0.3, 0.4) is 0 Å². The van der Waals surface area contributed by atoms with Crippen molar-refractivity contribution < 1.29 is 9.53 Å². The number of anilines is 3. The number of rotatable bonds is 5. The van der Waals surface area contributed by atoms with Crippen LogP contribution in [0.15, 0.2) is 36.7 Å². The maximum atomic E-state index is 11.8. The van der Waals surface area contributed by atoms with Crippen molar-refractivity contribution in [3.63, 3.8) is 0 Å². The fourth-order valence-corrected chi connectivity index (χ4v) is 3.74. The number of amides is 1. The summed E-state index contributed by atoms with van der Waals surface area (Å²) in [5.74, 6) is 1.85. The van der Waals surface area contributed by atoms with Crippen LogP contribution in [0.25, 0.3) is 10.7 Å². The monoisotopic (exact) mass is 401 g/mol. The quantitative estimate of drug-likeness (QED) is 0.692. The van der Waals surface area contributed by atoms with Crippen LogP contribution >= 0.6 is 22.9 Å². The van der Waals surface area contributed by atoms with E-state index in [2.05, 4.69) is 20.3 Å². The molecule has 0 aromatic carbocycles. The Morgan fingerprint density at radius 1 is 1.22 bits per heavy atom. The van der Waals surface area contributed by atoms with Gasteiger partial charge in [-0.2, -0.15) is 0 Å². The molecule has 0 spiro atoms. The van der Waals surface area contributed by atoms with E-state index in [-0.39, 0.29) is 5.91 Å². The summed E-state index contributed by atoms with van der Waals surface area (Å²) in [4.78, 5) is 26.8. The van der Waals surface area contributed by atoms with Gasteiger partial charge >= 0.3 is 0 Å². The molecule has 0 bridgehead atoms. The Labute approximate surface area is 165 Å². The number of ether oxygens (including phenoxy) is 1. The molecule has 1 aliphatic heterocycles. The molecule has 4 rings (SSSR count). The lowest BCUT2D eigenvalue weighted by molar-refractivity contribution is -0.117. The smallest absolute Gasteiger partial charge is 0.227 e. The number of hydrogen-bond acceptors (Lipinski definition) is 7. The van der Waals surface area contributed by atoms with Gasteiger partial charge in [0.25, 0.3) is 0 Å². The minimum absolute atomic E-state index is 0.135. The van der Waals surface area contributed by atoms with E-state index in [0.717, 1.165) is 23.7 Å². The Kier molecular flexibility index (Phi) is 4.91. The molecule has 7 nitrogen and oxygen atoms in total. The van der Waals surface area contributed by atoms with Gasteiger partial charge in [0.1, 0.15) is 20.9 Å². The minimum Gasteiger partial charge on any atom is -0.493 e. The summed E-state index contributed by atoms with van der Waals surface area (Å²) in [5, 5.41) is 3.89. The van der Waals surface area contributed by atoms with Crippen molar-refractivity contribution in [1.82, 2.24) is 15.0 Å². The number of nitrogens with one attached hydrogen (secondary N) is 1. The van der Waals surface area contributed by atoms with Gasteiger partial charge in [0.15, 0.2) is 11.6 Å². The van der Waals surface area contributed by atoms with Gasteiger partial charge in [0, 0.05) is 13.0 Å². The zero-order valence-electron chi connectivity index (χ0n) is 14.5. The Balaban J connectivity index is 1.58. The summed E-state index contributed by atoms with van der Waals surface area (Å²) < 4.78 is 5.99. The zero-order chi connectivity index (χ0) is 18.8. The highest BCUT2D eigenvalue weighted by Crippen LogP contribution is 2.32. The molecule has 27 heavy (non-hydrogen) atoms. The number of hydrogen-bond donors (Lipinski definition) is 1. The maximum absolute atomic E-state index is 11.8. The van der Waals surface area contributed by atoms with E-state index in [1.165, 1.54) is 11.3 Å². The zero-order valence-corrected chi connectivity index (χ0v) is 16.0. The largest absolute Gasteiger partial charge is 0.493 e. The lowest BCUT2D eigenvalue weighted by Gasteiger charge is -2.16. The molecule has 138 valence electrons. The molecule has 3 aromatic heterocycles. The van der Waals surface area contributed by atoms with Crippen molar-refractivity contribution in [3.05, 3.63) is 41.0 Å². The van der Waals surface area contributed by atoms with Crippen molar-refractivity contribution >= 4 is 46.2 Å². The third-order valence-electron chi connectivity index (χ3n) is 4.15. The van der Waals surface area contributed by atoms with Crippen molar-refractivity contribution in [1.29, 1.82) is 0 Å². The van der Waals surface area contributed by atoms with Crippen LogP contribution in [0.5, 0.6) is 5.75 Å². The second kappa shape index (κ2) is 7.50. The molecule has 1 fully saturated rings. The lowest BCUT2D eigenvalue weighted by Crippen LogP contribution is -2.23. The number of carbonyl (C=O) groups is 1. The second-order valence-corrected chi connectivity index (χ2v) is 7.55. The Morgan fingerprint density at radius 3 is 2.74 bits per heavy atom. The average molecular weight is 402 g/mol. The number of nitrogens with zero attached hydrogens (tertiary/aromatic N) is 4. The van der Waals surface area contributed by atoms with Crippen LogP contribution in [-0.2, 0) is 4.79 Å². The first-order valence-corrected chi connectivity index (χ1v) is 9.53. The van der Waals surface area contributed by atoms with Crippen LogP contribution in [-0.4, -0.2) is 34.5 Å². The van der Waals surface area contributed by atoms with Gasteiger partial charge in [0.05, 0.1) is 25.2 Å². The number of thiazole rings is 1. The number of halogens is 1. The molecule has 1 saturated heterocycles. The highest BCUT2D eigenvalue weighted by Gasteiger charge is 2.21. The summed E-state index contributed by atoms with van der Waals surface area (Å²) in [6.07, 6.45) is 4.76. The molecular formula is C18H16ClN5O2S. The van der Waals surface area contributed by atoms with E-state index in [0.29, 0.717) is 33.8 Å². The third-order valence-corrected chi connectivity index (χ3v) is 5.29. The summed E-state index contributed by atoms with van der Waals surface area (Å²) in [7, 11) is 1.58. The minimum atomic E-state index is 0.135. The van der Waals surface area contributed by atoms with Crippen LogP contribution in [0, 0.1) is 0 Å². The van der Waals surface area contributed by atoms with E-state index < -0.39 is 0 Å². The topological polar surface area (TPSA) is 80.2 Å². The molecule has 0 unspecified atom stereocenters. The first-order chi connectivity index (χ1) is 13.1. The molecule has 4 heterocycles. The first-order valence-electron chi connectivity index (χ1n) is 8.34. The fraction of sp³-hybridized carbons (Fsp3) is 0.222.